The summed E-state index contributed by atoms with van der Waals surface area (Å²) in [7, 11) is 4.87. The summed E-state index contributed by atoms with van der Waals surface area (Å²) in [6.45, 7) is 9.01. The van der Waals surface area contributed by atoms with E-state index >= 15 is 0 Å². The van der Waals surface area contributed by atoms with Crippen LogP contribution in [0.1, 0.15) is 76.4 Å². The van der Waals surface area contributed by atoms with Crippen LogP contribution in [0.5, 0.6) is 17.2 Å². The van der Waals surface area contributed by atoms with E-state index < -0.39 is 11.3 Å². The maximum absolute atomic E-state index is 13.5. The van der Waals surface area contributed by atoms with E-state index in [1.807, 2.05) is 32.0 Å². The standard InChI is InChI=1S/C35H49N5O6S/c1-8-11-12-13-25(10-3)22-32-36-24(4)33-35(41)37-34(38-39(32)33)28-23-27(15-17-29(28)46-20-9-2)40(5,47(42)43)19-18-26-14-16-30(44-6)31(21-26)45-7/h14-17,21,23,25H,8-13,18-20,22H2,1-7H3,(H-,37,38,41,42,43)/p+1. The van der Waals surface area contributed by atoms with Gasteiger partial charge >= 0.3 is 11.3 Å². The van der Waals surface area contributed by atoms with Crippen molar-refractivity contribution in [2.45, 2.75) is 79.1 Å². The van der Waals surface area contributed by atoms with E-state index in [2.05, 4.69) is 18.8 Å². The van der Waals surface area contributed by atoms with Gasteiger partial charge in [-0.05, 0) is 43.0 Å². The zero-order valence-electron chi connectivity index (χ0n) is 28.8. The van der Waals surface area contributed by atoms with Crippen molar-refractivity contribution in [2.75, 3.05) is 34.4 Å². The van der Waals surface area contributed by atoms with Crippen molar-refractivity contribution in [3.8, 4) is 28.6 Å². The number of aromatic amines is 1. The first kappa shape index (κ1) is 36.1. The molecule has 256 valence electrons. The highest BCUT2D eigenvalue weighted by Gasteiger charge is 2.34. The molecule has 2 N–H and O–H groups in total. The number of aromatic nitrogens is 4. The molecule has 3 unspecified atom stereocenters. The van der Waals surface area contributed by atoms with Crippen LogP contribution in [0.25, 0.3) is 16.9 Å². The Labute approximate surface area is 280 Å². The van der Waals surface area contributed by atoms with Crippen LogP contribution < -0.4 is 23.7 Å². The number of hydrogen-bond donors (Lipinski definition) is 2. The Morgan fingerprint density at radius 2 is 1.77 bits per heavy atom. The lowest BCUT2D eigenvalue weighted by molar-refractivity contribution is 0.318. The highest BCUT2D eigenvalue weighted by atomic mass is 32.2. The van der Waals surface area contributed by atoms with Gasteiger partial charge in [0.25, 0.3) is 5.56 Å². The number of rotatable bonds is 18. The van der Waals surface area contributed by atoms with E-state index in [4.69, 9.17) is 24.3 Å². The Balaban J connectivity index is 1.77. The summed E-state index contributed by atoms with van der Waals surface area (Å²) in [4.78, 5) is 21.3. The fourth-order valence-electron chi connectivity index (χ4n) is 5.89. The number of H-pyrrole nitrogens is 1. The number of likely N-dealkylation sites (N-methyl/N-ethyl adjacent to an activating group) is 1. The number of nitrogens with one attached hydrogen (secondary N) is 1. The van der Waals surface area contributed by atoms with Crippen molar-refractivity contribution in [3.63, 3.8) is 0 Å². The fraction of sp³-hybridized carbons (Fsp3) is 0.514. The lowest BCUT2D eigenvalue weighted by Crippen LogP contribution is -2.48. The van der Waals surface area contributed by atoms with Gasteiger partial charge in [-0.1, -0.05) is 58.9 Å². The molecule has 0 bridgehead atoms. The third kappa shape index (κ3) is 8.22. The quantitative estimate of drug-likeness (QED) is 0.0684. The van der Waals surface area contributed by atoms with E-state index in [9.17, 15) is 13.6 Å². The van der Waals surface area contributed by atoms with Gasteiger partial charge in [-0.25, -0.2) is 9.50 Å². The number of quaternary nitrogens is 1. The van der Waals surface area contributed by atoms with E-state index in [-0.39, 0.29) is 9.45 Å². The van der Waals surface area contributed by atoms with Crippen LogP contribution in [0.4, 0.5) is 5.69 Å². The van der Waals surface area contributed by atoms with Gasteiger partial charge in [-0.2, -0.15) is 8.10 Å². The van der Waals surface area contributed by atoms with Crippen LogP contribution in [0.2, 0.25) is 0 Å². The van der Waals surface area contributed by atoms with Crippen molar-refractivity contribution < 1.29 is 23.0 Å². The number of benzene rings is 2. The summed E-state index contributed by atoms with van der Waals surface area (Å²) in [6.07, 6.45) is 7.64. The molecular formula is C35H50N5O6S+. The van der Waals surface area contributed by atoms with Crippen LogP contribution in [-0.4, -0.2) is 62.8 Å². The minimum atomic E-state index is -2.29. The lowest BCUT2D eigenvalue weighted by atomic mass is 9.95. The van der Waals surface area contributed by atoms with E-state index in [0.717, 1.165) is 43.5 Å². The van der Waals surface area contributed by atoms with E-state index in [0.29, 0.717) is 71.0 Å². The topological polar surface area (TPSA) is 128 Å². The van der Waals surface area contributed by atoms with Crippen molar-refractivity contribution in [2.24, 2.45) is 5.92 Å². The Morgan fingerprint density at radius 3 is 2.43 bits per heavy atom. The Morgan fingerprint density at radius 1 is 1.02 bits per heavy atom. The zero-order valence-corrected chi connectivity index (χ0v) is 29.6. The molecule has 3 atom stereocenters. The van der Waals surface area contributed by atoms with E-state index in [1.165, 1.54) is 12.8 Å². The number of unbranched alkanes of at least 4 members (excludes halogenated alkanes) is 2. The van der Waals surface area contributed by atoms with Gasteiger partial charge < -0.3 is 19.2 Å². The number of imidazole rings is 1. The van der Waals surface area contributed by atoms with Gasteiger partial charge in [-0.15, -0.1) is 5.10 Å². The molecule has 0 amide bonds. The van der Waals surface area contributed by atoms with Gasteiger partial charge in [0.05, 0.1) is 39.1 Å². The van der Waals surface area contributed by atoms with Crippen LogP contribution in [0.15, 0.2) is 41.2 Å². The maximum Gasteiger partial charge on any atom is 0.363 e. The van der Waals surface area contributed by atoms with Crippen molar-refractivity contribution >= 4 is 22.5 Å². The molecule has 2 aromatic carbocycles. The molecule has 4 aromatic rings. The summed E-state index contributed by atoms with van der Waals surface area (Å²) in [5.74, 6) is 3.23. The summed E-state index contributed by atoms with van der Waals surface area (Å²) in [5.41, 5.74) is 2.79. The Kier molecular flexibility index (Phi) is 12.6. The molecule has 0 radical (unpaired) electrons. The van der Waals surface area contributed by atoms with Crippen molar-refractivity contribution in [1.29, 1.82) is 0 Å². The lowest BCUT2D eigenvalue weighted by Gasteiger charge is -2.29. The summed E-state index contributed by atoms with van der Waals surface area (Å²) in [6, 6.07) is 11.0. The maximum atomic E-state index is 13.5. The van der Waals surface area contributed by atoms with E-state index in [1.54, 1.807) is 44.0 Å². The third-order valence-electron chi connectivity index (χ3n) is 8.85. The van der Waals surface area contributed by atoms with Gasteiger partial charge in [0.1, 0.15) is 23.8 Å². The molecule has 2 aromatic heterocycles. The molecule has 2 heterocycles. The van der Waals surface area contributed by atoms with Gasteiger partial charge in [0.2, 0.25) is 0 Å². The predicted octanol–water partition coefficient (Wildman–Crippen LogP) is 6.66. The van der Waals surface area contributed by atoms with Gasteiger partial charge in [0.15, 0.2) is 22.8 Å². The second-order valence-corrected chi connectivity index (χ2v) is 13.4. The highest BCUT2D eigenvalue weighted by molar-refractivity contribution is 7.78. The van der Waals surface area contributed by atoms with Crippen molar-refractivity contribution in [1.82, 2.24) is 23.5 Å². The number of methoxy groups -OCH3 is 2. The number of ether oxygens (including phenoxy) is 3. The second-order valence-electron chi connectivity index (χ2n) is 12.2. The summed E-state index contributed by atoms with van der Waals surface area (Å²) < 4.78 is 42.0. The molecule has 0 fully saturated rings. The van der Waals surface area contributed by atoms with Crippen LogP contribution in [0.3, 0.4) is 0 Å². The first-order valence-electron chi connectivity index (χ1n) is 16.5. The molecule has 12 heteroatoms. The average molecular weight is 669 g/mol. The molecule has 0 aliphatic rings. The first-order valence-corrected chi connectivity index (χ1v) is 17.6. The normalized spacial score (nSPS) is 14.1. The Bertz CT molecular complexity index is 1740. The molecule has 47 heavy (non-hydrogen) atoms. The first-order chi connectivity index (χ1) is 22.6. The smallest absolute Gasteiger partial charge is 0.363 e. The minimum absolute atomic E-state index is 0.298. The molecule has 4 rings (SSSR count). The van der Waals surface area contributed by atoms with Crippen LogP contribution >= 0.6 is 0 Å². The average Bonchev–Trinajstić information content (AvgIpc) is 3.39. The molecule has 0 saturated carbocycles. The minimum Gasteiger partial charge on any atom is -0.493 e. The molecular weight excluding hydrogens is 618 g/mol. The van der Waals surface area contributed by atoms with Crippen molar-refractivity contribution in [3.05, 3.63) is 63.8 Å². The molecule has 0 spiro atoms. The largest absolute Gasteiger partial charge is 0.493 e. The molecule has 0 saturated heterocycles. The molecule has 0 aliphatic carbocycles. The van der Waals surface area contributed by atoms with Gasteiger partial charge in [0, 0.05) is 25.0 Å². The molecule has 0 aliphatic heterocycles. The second kappa shape index (κ2) is 16.4. The van der Waals surface area contributed by atoms with Crippen LogP contribution in [0, 0.1) is 12.8 Å². The summed E-state index contributed by atoms with van der Waals surface area (Å²) >= 11 is -2.29. The number of aryl methyl sites for hydroxylation is 1. The number of nitrogens with zero attached hydrogens (tertiary/aromatic N) is 4. The third-order valence-corrected chi connectivity index (χ3v) is 9.94. The van der Waals surface area contributed by atoms with Gasteiger partial charge in [-0.3, -0.25) is 9.35 Å². The SMILES string of the molecule is CCCCCC(CC)Cc1nc(C)c2c(=O)[nH]c(-c3cc([N+](C)(CCc4ccc(OC)c(OC)c4)S(=O)O)ccc3OCCC)nn12. The number of hydrogen-bond acceptors (Lipinski definition) is 7. The monoisotopic (exact) mass is 668 g/mol. The predicted molar refractivity (Wildman–Crippen MR) is 188 cm³/mol. The highest BCUT2D eigenvalue weighted by Crippen LogP contribution is 2.36. The molecule has 11 nitrogen and oxygen atoms in total. The van der Waals surface area contributed by atoms with Crippen LogP contribution in [-0.2, 0) is 24.1 Å². The number of fused-ring (bicyclic) bond motifs is 1. The Hall–Kier alpha value is -3.74. The summed E-state index contributed by atoms with van der Waals surface area (Å²) in [5, 5.41) is 4.92. The zero-order chi connectivity index (χ0) is 34.1. The fourth-order valence-corrected chi connectivity index (χ4v) is 6.43.